The predicted octanol–water partition coefficient (Wildman–Crippen LogP) is 3.80. The Morgan fingerprint density at radius 1 is 1.19 bits per heavy atom. The average Bonchev–Trinajstić information content (AvgIpc) is 3.11. The fourth-order valence-electron chi connectivity index (χ4n) is 4.17. The zero-order valence-corrected chi connectivity index (χ0v) is 18.0. The molecule has 1 unspecified atom stereocenters. The quantitative estimate of drug-likeness (QED) is 0.699. The van der Waals surface area contributed by atoms with E-state index in [0.717, 1.165) is 17.0 Å². The maximum absolute atomic E-state index is 13.4. The summed E-state index contributed by atoms with van der Waals surface area (Å²) in [7, 11) is 0. The molecule has 3 amide bonds. The molecule has 6 heteroatoms. The summed E-state index contributed by atoms with van der Waals surface area (Å²) in [5, 5.41) is 3.03. The van der Waals surface area contributed by atoms with Crippen molar-refractivity contribution in [1.29, 1.82) is 0 Å². The van der Waals surface area contributed by atoms with Crippen LogP contribution in [0, 0.1) is 0 Å². The van der Waals surface area contributed by atoms with Crippen molar-refractivity contribution in [1.82, 2.24) is 20.1 Å². The van der Waals surface area contributed by atoms with Crippen molar-refractivity contribution in [2.45, 2.75) is 32.2 Å². The van der Waals surface area contributed by atoms with Crippen LogP contribution in [0.4, 0.5) is 4.79 Å². The summed E-state index contributed by atoms with van der Waals surface area (Å²) in [6, 6.07) is 13.3. The lowest BCUT2D eigenvalue weighted by molar-refractivity contribution is -0.125. The van der Waals surface area contributed by atoms with Crippen LogP contribution < -0.4 is 5.32 Å². The fourth-order valence-corrected chi connectivity index (χ4v) is 4.17. The van der Waals surface area contributed by atoms with Crippen molar-refractivity contribution >= 4 is 11.9 Å². The van der Waals surface area contributed by atoms with Gasteiger partial charge in [0, 0.05) is 31.4 Å². The minimum absolute atomic E-state index is 0.0297. The highest BCUT2D eigenvalue weighted by atomic mass is 16.2. The SMILES string of the molecule is C=CCN1C(=O)NC(c2ccc(C(C)C)cc2)C2=C1CN(CCc1ccccn1)C2=O. The number of rotatable bonds is 7. The number of amides is 3. The summed E-state index contributed by atoms with van der Waals surface area (Å²) >= 11 is 0. The van der Waals surface area contributed by atoms with Crippen molar-refractivity contribution in [2.24, 2.45) is 0 Å². The second-order valence-electron chi connectivity index (χ2n) is 8.26. The third-order valence-electron chi connectivity index (χ3n) is 5.91. The number of hydrogen-bond acceptors (Lipinski definition) is 3. The Balaban J connectivity index is 1.62. The minimum atomic E-state index is -0.447. The lowest BCUT2D eigenvalue weighted by atomic mass is 9.93. The predicted molar refractivity (Wildman–Crippen MR) is 120 cm³/mol. The summed E-state index contributed by atoms with van der Waals surface area (Å²) in [6.07, 6.45) is 4.11. The molecule has 2 aliphatic rings. The third-order valence-corrected chi connectivity index (χ3v) is 5.91. The molecule has 0 saturated carbocycles. The standard InChI is InChI=1S/C25H28N4O2/c1-4-14-29-21-16-28(15-12-20-7-5-6-13-26-20)24(30)22(21)23(27-25(29)31)19-10-8-18(9-11-19)17(2)3/h4-11,13,17,23H,1,12,14-16H2,2-3H3,(H,27,31). The van der Waals surface area contributed by atoms with Gasteiger partial charge < -0.3 is 10.2 Å². The first kappa shape index (κ1) is 20.8. The molecular formula is C25H28N4O2. The number of pyridine rings is 1. The molecule has 6 nitrogen and oxygen atoms in total. The highest BCUT2D eigenvalue weighted by Gasteiger charge is 2.43. The van der Waals surface area contributed by atoms with Crippen molar-refractivity contribution in [2.75, 3.05) is 19.6 Å². The Morgan fingerprint density at radius 2 is 1.97 bits per heavy atom. The molecule has 0 spiro atoms. The molecule has 0 saturated heterocycles. The van der Waals surface area contributed by atoms with Gasteiger partial charge in [-0.25, -0.2) is 4.79 Å². The van der Waals surface area contributed by atoms with Crippen LogP contribution in [-0.4, -0.2) is 46.4 Å². The molecule has 2 aliphatic heterocycles. The van der Waals surface area contributed by atoms with Crippen LogP contribution in [0.2, 0.25) is 0 Å². The first-order valence-corrected chi connectivity index (χ1v) is 10.7. The van der Waals surface area contributed by atoms with Gasteiger partial charge in [-0.15, -0.1) is 6.58 Å². The Labute approximate surface area is 183 Å². The van der Waals surface area contributed by atoms with Gasteiger partial charge in [-0.3, -0.25) is 14.7 Å². The van der Waals surface area contributed by atoms with Gasteiger partial charge in [0.1, 0.15) is 0 Å². The minimum Gasteiger partial charge on any atom is -0.333 e. The van der Waals surface area contributed by atoms with Crippen LogP contribution in [0.3, 0.4) is 0 Å². The lowest BCUT2D eigenvalue weighted by Crippen LogP contribution is -2.47. The molecule has 3 heterocycles. The van der Waals surface area contributed by atoms with E-state index in [9.17, 15) is 9.59 Å². The Kier molecular flexibility index (Phi) is 5.89. The second-order valence-corrected chi connectivity index (χ2v) is 8.26. The Hall–Kier alpha value is -3.41. The van der Waals surface area contributed by atoms with Gasteiger partial charge in [-0.05, 0) is 29.2 Å². The van der Waals surface area contributed by atoms with E-state index in [4.69, 9.17) is 0 Å². The van der Waals surface area contributed by atoms with Gasteiger partial charge in [0.2, 0.25) is 0 Å². The zero-order valence-electron chi connectivity index (χ0n) is 18.0. The van der Waals surface area contributed by atoms with E-state index < -0.39 is 6.04 Å². The van der Waals surface area contributed by atoms with Crippen LogP contribution >= 0.6 is 0 Å². The number of benzene rings is 1. The summed E-state index contributed by atoms with van der Waals surface area (Å²) in [4.78, 5) is 34.1. The smallest absolute Gasteiger partial charge is 0.322 e. The van der Waals surface area contributed by atoms with Gasteiger partial charge in [-0.1, -0.05) is 50.3 Å². The number of aromatic nitrogens is 1. The largest absolute Gasteiger partial charge is 0.333 e. The van der Waals surface area contributed by atoms with E-state index in [0.29, 0.717) is 37.5 Å². The summed E-state index contributed by atoms with van der Waals surface area (Å²) in [5.41, 5.74) is 4.51. The van der Waals surface area contributed by atoms with Crippen LogP contribution in [0.15, 0.2) is 72.6 Å². The molecule has 0 bridgehead atoms. The van der Waals surface area contributed by atoms with Gasteiger partial charge in [0.05, 0.1) is 23.9 Å². The van der Waals surface area contributed by atoms with E-state index in [1.165, 1.54) is 5.56 Å². The molecule has 1 aromatic heterocycles. The van der Waals surface area contributed by atoms with E-state index in [-0.39, 0.29) is 11.9 Å². The number of carbonyl (C=O) groups is 2. The molecule has 1 atom stereocenters. The molecule has 1 N–H and O–H groups in total. The molecule has 0 radical (unpaired) electrons. The van der Waals surface area contributed by atoms with Gasteiger partial charge in [0.25, 0.3) is 5.91 Å². The summed E-state index contributed by atoms with van der Waals surface area (Å²) in [6.45, 7) is 9.40. The van der Waals surface area contributed by atoms with Crippen molar-refractivity contribution in [3.8, 4) is 0 Å². The molecule has 160 valence electrons. The maximum Gasteiger partial charge on any atom is 0.322 e. The molecular weight excluding hydrogens is 388 g/mol. The lowest BCUT2D eigenvalue weighted by Gasteiger charge is -2.33. The third kappa shape index (κ3) is 4.10. The molecule has 0 fully saturated rings. The molecule has 4 rings (SSSR count). The van der Waals surface area contributed by atoms with Gasteiger partial charge >= 0.3 is 6.03 Å². The zero-order chi connectivity index (χ0) is 22.0. The van der Waals surface area contributed by atoms with E-state index in [1.807, 2.05) is 35.2 Å². The fraction of sp³-hybridized carbons (Fsp3) is 0.320. The highest BCUT2D eigenvalue weighted by molar-refractivity contribution is 6.01. The Bertz CT molecular complexity index is 1010. The maximum atomic E-state index is 13.4. The normalized spacial score (nSPS) is 18.5. The number of hydrogen-bond donors (Lipinski definition) is 1. The highest BCUT2D eigenvalue weighted by Crippen LogP contribution is 2.36. The van der Waals surface area contributed by atoms with Crippen LogP contribution in [0.25, 0.3) is 0 Å². The van der Waals surface area contributed by atoms with E-state index in [2.05, 4.69) is 42.9 Å². The van der Waals surface area contributed by atoms with Crippen LogP contribution in [0.1, 0.15) is 42.6 Å². The summed E-state index contributed by atoms with van der Waals surface area (Å²) in [5.74, 6) is 0.390. The Morgan fingerprint density at radius 3 is 2.61 bits per heavy atom. The van der Waals surface area contributed by atoms with E-state index >= 15 is 0 Å². The van der Waals surface area contributed by atoms with Gasteiger partial charge in [-0.2, -0.15) is 0 Å². The monoisotopic (exact) mass is 416 g/mol. The van der Waals surface area contributed by atoms with Crippen LogP contribution in [-0.2, 0) is 11.2 Å². The number of carbonyl (C=O) groups excluding carboxylic acids is 2. The first-order chi connectivity index (χ1) is 15.0. The second kappa shape index (κ2) is 8.76. The molecule has 0 aliphatic carbocycles. The van der Waals surface area contributed by atoms with Crippen molar-refractivity contribution in [3.05, 3.63) is 89.4 Å². The number of nitrogens with zero attached hydrogens (tertiary/aromatic N) is 3. The van der Waals surface area contributed by atoms with Crippen molar-refractivity contribution in [3.63, 3.8) is 0 Å². The number of nitrogens with one attached hydrogen (secondary N) is 1. The van der Waals surface area contributed by atoms with Gasteiger partial charge in [0.15, 0.2) is 0 Å². The molecule has 31 heavy (non-hydrogen) atoms. The first-order valence-electron chi connectivity index (χ1n) is 10.7. The molecule has 2 aromatic rings. The molecule has 1 aromatic carbocycles. The number of urea groups is 1. The topological polar surface area (TPSA) is 65.5 Å². The van der Waals surface area contributed by atoms with E-state index in [1.54, 1.807) is 17.2 Å². The average molecular weight is 417 g/mol. The van der Waals surface area contributed by atoms with Crippen LogP contribution in [0.5, 0.6) is 0 Å². The van der Waals surface area contributed by atoms with Crippen molar-refractivity contribution < 1.29 is 9.59 Å². The summed E-state index contributed by atoms with van der Waals surface area (Å²) < 4.78 is 0.